The van der Waals surface area contributed by atoms with Crippen molar-refractivity contribution < 1.29 is 14.3 Å². The summed E-state index contributed by atoms with van der Waals surface area (Å²) in [4.78, 5) is 0. The van der Waals surface area contributed by atoms with Crippen LogP contribution in [0.15, 0.2) is 41.7 Å². The summed E-state index contributed by atoms with van der Waals surface area (Å²) in [6, 6.07) is 8.21. The summed E-state index contributed by atoms with van der Waals surface area (Å²) < 4.78 is 20.2. The average Bonchev–Trinajstić information content (AvgIpc) is 2.86. The van der Waals surface area contributed by atoms with Crippen LogP contribution >= 0.6 is 0 Å². The lowest BCUT2D eigenvalue weighted by Gasteiger charge is -2.09. The number of oxime groups is 1. The SMILES string of the molecule is COc1ccc(Cn2cccc2/C(N)=N/O)cc1F. The third-order valence-electron chi connectivity index (χ3n) is 2.77. The number of nitrogens with zero attached hydrogens (tertiary/aromatic N) is 2. The van der Waals surface area contributed by atoms with Crippen LogP contribution in [0.2, 0.25) is 0 Å². The molecule has 0 unspecified atom stereocenters. The van der Waals surface area contributed by atoms with Crippen molar-refractivity contribution in [3.8, 4) is 5.75 Å². The van der Waals surface area contributed by atoms with Crippen molar-refractivity contribution in [2.45, 2.75) is 6.54 Å². The maximum atomic E-state index is 13.6. The van der Waals surface area contributed by atoms with Gasteiger partial charge in [0.05, 0.1) is 12.8 Å². The van der Waals surface area contributed by atoms with Gasteiger partial charge in [-0.05, 0) is 29.8 Å². The van der Waals surface area contributed by atoms with Crippen molar-refractivity contribution in [2.75, 3.05) is 7.11 Å². The molecule has 3 N–H and O–H groups in total. The lowest BCUT2D eigenvalue weighted by atomic mass is 10.2. The summed E-state index contributed by atoms with van der Waals surface area (Å²) in [6.45, 7) is 0.416. The van der Waals surface area contributed by atoms with E-state index in [1.807, 2.05) is 0 Å². The summed E-state index contributed by atoms with van der Waals surface area (Å²) in [6.07, 6.45) is 1.77. The third kappa shape index (κ3) is 2.67. The van der Waals surface area contributed by atoms with E-state index in [1.165, 1.54) is 13.2 Å². The minimum Gasteiger partial charge on any atom is -0.494 e. The number of hydrogen-bond acceptors (Lipinski definition) is 3. The van der Waals surface area contributed by atoms with Gasteiger partial charge in [-0.15, -0.1) is 0 Å². The molecule has 2 aromatic rings. The minimum atomic E-state index is -0.419. The molecular formula is C13H14FN3O2. The summed E-state index contributed by atoms with van der Waals surface area (Å²) in [5.74, 6) is -0.204. The van der Waals surface area contributed by atoms with Crippen LogP contribution in [0.4, 0.5) is 4.39 Å². The minimum absolute atomic E-state index is 0.0129. The van der Waals surface area contributed by atoms with Gasteiger partial charge in [0.2, 0.25) is 0 Å². The van der Waals surface area contributed by atoms with Crippen molar-refractivity contribution in [3.05, 3.63) is 53.6 Å². The first-order valence-electron chi connectivity index (χ1n) is 5.61. The molecule has 19 heavy (non-hydrogen) atoms. The maximum absolute atomic E-state index is 13.6. The number of nitrogens with two attached hydrogens (primary N) is 1. The quantitative estimate of drug-likeness (QED) is 0.382. The summed E-state index contributed by atoms with van der Waals surface area (Å²) >= 11 is 0. The third-order valence-corrected chi connectivity index (χ3v) is 2.77. The molecule has 5 nitrogen and oxygen atoms in total. The first kappa shape index (κ1) is 12.9. The van der Waals surface area contributed by atoms with Crippen LogP contribution in [0.25, 0.3) is 0 Å². The molecule has 6 heteroatoms. The molecule has 0 amide bonds. The first-order chi connectivity index (χ1) is 9.15. The highest BCUT2D eigenvalue weighted by Gasteiger charge is 2.08. The van der Waals surface area contributed by atoms with Crippen LogP contribution < -0.4 is 10.5 Å². The molecule has 1 aromatic carbocycles. The number of hydrogen-bond donors (Lipinski definition) is 2. The molecule has 0 fully saturated rings. The van der Waals surface area contributed by atoms with Gasteiger partial charge in [-0.25, -0.2) is 4.39 Å². The van der Waals surface area contributed by atoms with E-state index in [4.69, 9.17) is 15.7 Å². The predicted octanol–water partition coefficient (Wildman–Crippen LogP) is 1.78. The Labute approximate surface area is 109 Å². The van der Waals surface area contributed by atoms with Crippen molar-refractivity contribution in [3.63, 3.8) is 0 Å². The monoisotopic (exact) mass is 263 g/mol. The number of methoxy groups -OCH3 is 1. The predicted molar refractivity (Wildman–Crippen MR) is 69.0 cm³/mol. The number of aromatic nitrogens is 1. The van der Waals surface area contributed by atoms with E-state index in [9.17, 15) is 4.39 Å². The average molecular weight is 263 g/mol. The second-order valence-corrected chi connectivity index (χ2v) is 3.98. The zero-order valence-corrected chi connectivity index (χ0v) is 10.4. The fraction of sp³-hybridized carbons (Fsp3) is 0.154. The molecule has 1 heterocycles. The van der Waals surface area contributed by atoms with E-state index < -0.39 is 5.82 Å². The van der Waals surface area contributed by atoms with Crippen LogP contribution in [-0.2, 0) is 6.54 Å². The molecule has 0 bridgehead atoms. The molecule has 0 atom stereocenters. The Morgan fingerprint density at radius 3 is 2.89 bits per heavy atom. The summed E-state index contributed by atoms with van der Waals surface area (Å²) in [5, 5.41) is 11.6. The van der Waals surface area contributed by atoms with Crippen molar-refractivity contribution in [1.29, 1.82) is 0 Å². The Bertz CT molecular complexity index is 608. The number of benzene rings is 1. The normalized spacial score (nSPS) is 11.6. The topological polar surface area (TPSA) is 72.8 Å². The van der Waals surface area contributed by atoms with Gasteiger partial charge in [-0.1, -0.05) is 11.2 Å². The van der Waals surface area contributed by atoms with E-state index in [1.54, 1.807) is 35.0 Å². The van der Waals surface area contributed by atoms with Gasteiger partial charge in [0.15, 0.2) is 17.4 Å². The zero-order valence-electron chi connectivity index (χ0n) is 10.4. The smallest absolute Gasteiger partial charge is 0.186 e. The van der Waals surface area contributed by atoms with Gasteiger partial charge < -0.3 is 20.2 Å². The molecule has 0 aliphatic carbocycles. The second-order valence-electron chi connectivity index (χ2n) is 3.98. The van der Waals surface area contributed by atoms with E-state index in [0.717, 1.165) is 5.56 Å². The highest BCUT2D eigenvalue weighted by molar-refractivity contribution is 5.95. The van der Waals surface area contributed by atoms with Gasteiger partial charge in [-0.2, -0.15) is 0 Å². The van der Waals surface area contributed by atoms with E-state index in [0.29, 0.717) is 12.2 Å². The number of rotatable bonds is 4. The number of halogens is 1. The first-order valence-corrected chi connectivity index (χ1v) is 5.61. The maximum Gasteiger partial charge on any atom is 0.186 e. The molecule has 0 saturated heterocycles. The Morgan fingerprint density at radius 2 is 2.26 bits per heavy atom. The van der Waals surface area contributed by atoms with Gasteiger partial charge in [0.25, 0.3) is 0 Å². The van der Waals surface area contributed by atoms with Gasteiger partial charge in [-0.3, -0.25) is 0 Å². The van der Waals surface area contributed by atoms with Crippen molar-refractivity contribution in [2.24, 2.45) is 10.9 Å². The Balaban J connectivity index is 2.27. The van der Waals surface area contributed by atoms with Gasteiger partial charge in [0.1, 0.15) is 0 Å². The molecule has 2 rings (SSSR count). The van der Waals surface area contributed by atoms with Gasteiger partial charge >= 0.3 is 0 Å². The molecule has 0 aliphatic rings. The molecular weight excluding hydrogens is 249 g/mol. The van der Waals surface area contributed by atoms with Crippen LogP contribution in [0.1, 0.15) is 11.3 Å². The largest absolute Gasteiger partial charge is 0.494 e. The Kier molecular flexibility index (Phi) is 3.70. The molecule has 0 radical (unpaired) electrons. The molecule has 0 spiro atoms. The summed E-state index contributed by atoms with van der Waals surface area (Å²) in [5.41, 5.74) is 6.87. The number of amidine groups is 1. The molecule has 0 aliphatic heterocycles. The van der Waals surface area contributed by atoms with Crippen LogP contribution in [-0.4, -0.2) is 22.7 Å². The molecule has 100 valence electrons. The van der Waals surface area contributed by atoms with E-state index in [2.05, 4.69) is 5.16 Å². The Morgan fingerprint density at radius 1 is 1.47 bits per heavy atom. The van der Waals surface area contributed by atoms with Gasteiger partial charge in [0, 0.05) is 12.7 Å². The van der Waals surface area contributed by atoms with Crippen LogP contribution in [0.3, 0.4) is 0 Å². The van der Waals surface area contributed by atoms with Crippen molar-refractivity contribution >= 4 is 5.84 Å². The second kappa shape index (κ2) is 5.43. The standard InChI is InChI=1S/C13H14FN3O2/c1-19-12-5-4-9(7-10(12)14)8-17-6-2-3-11(17)13(15)16-18/h2-7,18H,8H2,1H3,(H2,15,16). The number of ether oxygens (including phenoxy) is 1. The fourth-order valence-electron chi connectivity index (χ4n) is 1.84. The molecule has 0 saturated carbocycles. The lowest BCUT2D eigenvalue weighted by Crippen LogP contribution is -2.18. The van der Waals surface area contributed by atoms with E-state index >= 15 is 0 Å². The lowest BCUT2D eigenvalue weighted by molar-refractivity contribution is 0.318. The Hall–Kier alpha value is -2.50. The van der Waals surface area contributed by atoms with Crippen molar-refractivity contribution in [1.82, 2.24) is 4.57 Å². The summed E-state index contributed by atoms with van der Waals surface area (Å²) in [7, 11) is 1.42. The van der Waals surface area contributed by atoms with E-state index in [-0.39, 0.29) is 11.6 Å². The zero-order chi connectivity index (χ0) is 13.8. The highest BCUT2D eigenvalue weighted by atomic mass is 19.1. The van der Waals surface area contributed by atoms with Crippen LogP contribution in [0.5, 0.6) is 5.75 Å². The van der Waals surface area contributed by atoms with Crippen LogP contribution in [0, 0.1) is 5.82 Å². The highest BCUT2D eigenvalue weighted by Crippen LogP contribution is 2.18. The molecule has 1 aromatic heterocycles. The fourth-order valence-corrected chi connectivity index (χ4v) is 1.84.